The number of ether oxygens (including phenoxy) is 3. The quantitative estimate of drug-likeness (QED) is 0.646. The van der Waals surface area contributed by atoms with Gasteiger partial charge in [-0.15, -0.1) is 0 Å². The number of benzene rings is 2. The van der Waals surface area contributed by atoms with Gasteiger partial charge in [-0.1, -0.05) is 23.7 Å². The molecule has 0 saturated carbocycles. The SMILES string of the molecule is COc1ccc(NC(=O)CN2C(=O)N[C@H](c3ccc(Cl)cc3)C3=C2COC3=O)c(OC)c1. The molecule has 3 amide bonds. The van der Waals surface area contributed by atoms with Crippen LogP contribution in [0.4, 0.5) is 10.5 Å². The van der Waals surface area contributed by atoms with Crippen molar-refractivity contribution in [2.45, 2.75) is 6.04 Å². The van der Waals surface area contributed by atoms with Gasteiger partial charge in [-0.2, -0.15) is 0 Å². The Hall–Kier alpha value is -3.72. The lowest BCUT2D eigenvalue weighted by Gasteiger charge is -2.32. The van der Waals surface area contributed by atoms with Gasteiger partial charge < -0.3 is 24.8 Å². The van der Waals surface area contributed by atoms with Crippen LogP contribution in [0.15, 0.2) is 53.7 Å². The van der Waals surface area contributed by atoms with Crippen molar-refractivity contribution in [1.29, 1.82) is 0 Å². The van der Waals surface area contributed by atoms with E-state index in [2.05, 4.69) is 10.6 Å². The van der Waals surface area contributed by atoms with Crippen molar-refractivity contribution in [3.8, 4) is 11.5 Å². The number of carbonyl (C=O) groups excluding carboxylic acids is 3. The number of hydrogen-bond acceptors (Lipinski definition) is 6. The van der Waals surface area contributed by atoms with Gasteiger partial charge in [-0.25, -0.2) is 9.59 Å². The second-order valence-corrected chi connectivity index (χ2v) is 7.51. The second kappa shape index (κ2) is 8.80. The van der Waals surface area contributed by atoms with E-state index < -0.39 is 23.9 Å². The molecular formula is C22H20ClN3O6. The molecule has 0 radical (unpaired) electrons. The number of cyclic esters (lactones) is 1. The molecule has 2 aromatic rings. The van der Waals surface area contributed by atoms with E-state index in [1.54, 1.807) is 42.5 Å². The average Bonchev–Trinajstić information content (AvgIpc) is 3.18. The summed E-state index contributed by atoms with van der Waals surface area (Å²) in [7, 11) is 2.99. The first-order valence-corrected chi connectivity index (χ1v) is 10.0. The Bertz CT molecular complexity index is 1120. The highest BCUT2D eigenvalue weighted by Crippen LogP contribution is 2.35. The van der Waals surface area contributed by atoms with Crippen LogP contribution in [0.25, 0.3) is 0 Å². The highest BCUT2D eigenvalue weighted by molar-refractivity contribution is 6.30. The maximum absolute atomic E-state index is 12.9. The molecule has 4 rings (SSSR count). The zero-order valence-electron chi connectivity index (χ0n) is 17.3. The summed E-state index contributed by atoms with van der Waals surface area (Å²) in [4.78, 5) is 39.2. The second-order valence-electron chi connectivity index (χ2n) is 7.07. The number of nitrogens with one attached hydrogen (secondary N) is 2. The highest BCUT2D eigenvalue weighted by Gasteiger charge is 2.42. The topological polar surface area (TPSA) is 106 Å². The molecule has 2 aliphatic rings. The van der Waals surface area contributed by atoms with Crippen LogP contribution in [0.2, 0.25) is 5.02 Å². The average molecular weight is 458 g/mol. The molecule has 2 aliphatic heterocycles. The number of amides is 3. The van der Waals surface area contributed by atoms with Crippen LogP contribution in [-0.4, -0.2) is 50.2 Å². The normalized spacial score (nSPS) is 17.5. The maximum atomic E-state index is 12.9. The Balaban J connectivity index is 1.57. The number of nitrogens with zero attached hydrogens (tertiary/aromatic N) is 1. The molecule has 9 nitrogen and oxygen atoms in total. The lowest BCUT2D eigenvalue weighted by molar-refractivity contribution is -0.136. The van der Waals surface area contributed by atoms with E-state index in [0.717, 1.165) is 0 Å². The smallest absolute Gasteiger partial charge is 0.338 e. The minimum atomic E-state index is -0.689. The number of halogens is 1. The van der Waals surface area contributed by atoms with Crippen molar-refractivity contribution in [3.05, 3.63) is 64.3 Å². The van der Waals surface area contributed by atoms with Gasteiger partial charge >= 0.3 is 12.0 Å². The third-order valence-corrected chi connectivity index (χ3v) is 5.44. The molecule has 2 aromatic carbocycles. The molecular weight excluding hydrogens is 438 g/mol. The number of anilines is 1. The molecule has 0 aromatic heterocycles. The van der Waals surface area contributed by atoms with Crippen LogP contribution >= 0.6 is 11.6 Å². The maximum Gasteiger partial charge on any atom is 0.338 e. The third kappa shape index (κ3) is 4.06. The standard InChI is InChI=1S/C22H20ClN3O6/c1-30-14-7-8-15(17(9-14)31-2)24-18(27)10-26-16-11-32-21(28)19(16)20(25-22(26)29)12-3-5-13(23)6-4-12/h3-9,20H,10-11H2,1-2H3,(H,24,27)(H,25,29)/t20-/m1/s1. The van der Waals surface area contributed by atoms with E-state index in [9.17, 15) is 14.4 Å². The summed E-state index contributed by atoms with van der Waals surface area (Å²) >= 11 is 5.95. The van der Waals surface area contributed by atoms with Gasteiger partial charge in [-0.05, 0) is 29.8 Å². The molecule has 0 unspecified atom stereocenters. The predicted octanol–water partition coefficient (Wildman–Crippen LogP) is 2.87. The molecule has 32 heavy (non-hydrogen) atoms. The van der Waals surface area contributed by atoms with Crippen LogP contribution in [-0.2, 0) is 14.3 Å². The first-order valence-electron chi connectivity index (χ1n) is 9.66. The summed E-state index contributed by atoms with van der Waals surface area (Å²) in [5.41, 5.74) is 1.75. The highest BCUT2D eigenvalue weighted by atomic mass is 35.5. The minimum absolute atomic E-state index is 0.0924. The molecule has 2 heterocycles. The lowest BCUT2D eigenvalue weighted by atomic mass is 9.96. The van der Waals surface area contributed by atoms with Crippen molar-refractivity contribution in [1.82, 2.24) is 10.2 Å². The molecule has 0 fully saturated rings. The molecule has 10 heteroatoms. The zero-order valence-corrected chi connectivity index (χ0v) is 18.1. The summed E-state index contributed by atoms with van der Waals surface area (Å²) in [6.45, 7) is -0.408. The van der Waals surface area contributed by atoms with Crippen molar-refractivity contribution in [3.63, 3.8) is 0 Å². The van der Waals surface area contributed by atoms with E-state index in [4.69, 9.17) is 25.8 Å². The summed E-state index contributed by atoms with van der Waals surface area (Å²) in [6.07, 6.45) is 0. The van der Waals surface area contributed by atoms with Crippen LogP contribution in [0.1, 0.15) is 11.6 Å². The van der Waals surface area contributed by atoms with Crippen LogP contribution in [0.3, 0.4) is 0 Å². The first kappa shape index (κ1) is 21.5. The minimum Gasteiger partial charge on any atom is -0.497 e. The van der Waals surface area contributed by atoms with Crippen molar-refractivity contribution < 1.29 is 28.6 Å². The number of carbonyl (C=O) groups is 3. The summed E-state index contributed by atoms with van der Waals surface area (Å²) in [5.74, 6) is -0.0373. The Morgan fingerprint density at radius 3 is 2.62 bits per heavy atom. The summed E-state index contributed by atoms with van der Waals surface area (Å²) < 4.78 is 15.6. The van der Waals surface area contributed by atoms with E-state index in [-0.39, 0.29) is 13.2 Å². The van der Waals surface area contributed by atoms with Crippen LogP contribution < -0.4 is 20.1 Å². The molecule has 2 N–H and O–H groups in total. The molecule has 0 bridgehead atoms. The van der Waals surface area contributed by atoms with Crippen LogP contribution in [0.5, 0.6) is 11.5 Å². The Labute approximate surface area is 188 Å². The number of hydrogen-bond donors (Lipinski definition) is 2. The Kier molecular flexibility index (Phi) is 5.91. The lowest BCUT2D eigenvalue weighted by Crippen LogP contribution is -2.49. The predicted molar refractivity (Wildman–Crippen MR) is 116 cm³/mol. The van der Waals surface area contributed by atoms with Gasteiger partial charge in [0.05, 0.1) is 37.2 Å². The van der Waals surface area contributed by atoms with Gasteiger partial charge in [0.15, 0.2) is 0 Å². The largest absolute Gasteiger partial charge is 0.497 e. The molecule has 0 aliphatic carbocycles. The fraction of sp³-hybridized carbons (Fsp3) is 0.227. The molecule has 0 spiro atoms. The fourth-order valence-electron chi connectivity index (χ4n) is 3.62. The van der Waals surface area contributed by atoms with Crippen LogP contribution in [0, 0.1) is 0 Å². The van der Waals surface area contributed by atoms with E-state index in [1.807, 2.05) is 0 Å². The Morgan fingerprint density at radius 1 is 1.19 bits per heavy atom. The van der Waals surface area contributed by atoms with Crippen molar-refractivity contribution in [2.24, 2.45) is 0 Å². The van der Waals surface area contributed by atoms with E-state index >= 15 is 0 Å². The number of esters is 1. The first-order chi connectivity index (χ1) is 15.4. The number of methoxy groups -OCH3 is 2. The van der Waals surface area contributed by atoms with Gasteiger partial charge in [0.2, 0.25) is 5.91 Å². The number of rotatable bonds is 6. The number of urea groups is 1. The van der Waals surface area contributed by atoms with Gasteiger partial charge in [0, 0.05) is 11.1 Å². The van der Waals surface area contributed by atoms with Gasteiger partial charge in [0.25, 0.3) is 0 Å². The molecule has 0 saturated heterocycles. The monoisotopic (exact) mass is 457 g/mol. The van der Waals surface area contributed by atoms with Crippen molar-refractivity contribution in [2.75, 3.05) is 32.7 Å². The molecule has 166 valence electrons. The summed E-state index contributed by atoms with van der Waals surface area (Å²) in [6, 6.07) is 10.5. The summed E-state index contributed by atoms with van der Waals surface area (Å²) in [5, 5.41) is 6.03. The van der Waals surface area contributed by atoms with Crippen molar-refractivity contribution >= 4 is 35.2 Å². The fourth-order valence-corrected chi connectivity index (χ4v) is 3.74. The van der Waals surface area contributed by atoms with Gasteiger partial charge in [-0.3, -0.25) is 9.69 Å². The van der Waals surface area contributed by atoms with Gasteiger partial charge in [0.1, 0.15) is 24.7 Å². The molecule has 1 atom stereocenters. The Morgan fingerprint density at radius 2 is 1.94 bits per heavy atom. The third-order valence-electron chi connectivity index (χ3n) is 5.19. The zero-order chi connectivity index (χ0) is 22.8. The van der Waals surface area contributed by atoms with E-state index in [1.165, 1.54) is 19.1 Å². The van der Waals surface area contributed by atoms with E-state index in [0.29, 0.717) is 39.0 Å².